The fourth-order valence-electron chi connectivity index (χ4n) is 8.37. The van der Waals surface area contributed by atoms with Crippen LogP contribution in [-0.4, -0.2) is 90.0 Å². The molecule has 0 saturated carbocycles. The molecule has 0 fully saturated rings. The highest BCUT2D eigenvalue weighted by Gasteiger charge is 2.36. The molecule has 15 nitrogen and oxygen atoms in total. The monoisotopic (exact) mass is 912 g/mol. The van der Waals surface area contributed by atoms with Crippen LogP contribution in [0.4, 0.5) is 0 Å². The summed E-state index contributed by atoms with van der Waals surface area (Å²) in [7, 11) is 1.50. The summed E-state index contributed by atoms with van der Waals surface area (Å²) in [6, 6.07) is 18.2. The number of ketones is 3. The SMILES string of the molecule is CC(C)=C(C)c1ccc(-c2nc(C)c(C(=O)C[C@@H](CCN)C(=O)N(C)[C@@H]3C(=O)C[C@@H](C)C(=O)N[C@H](C(=O)CCC#N)Cc4ccc(OCCN)c(c4)-c4cc3ccc4OCCN)c(C)n2)cc1. The Labute approximate surface area is 393 Å². The Bertz CT molecular complexity index is 2520. The van der Waals surface area contributed by atoms with Crippen LogP contribution in [0.15, 0.2) is 66.2 Å². The molecule has 0 saturated heterocycles. The smallest absolute Gasteiger partial charge is 0.226 e. The van der Waals surface area contributed by atoms with Crippen molar-refractivity contribution >= 4 is 34.7 Å². The number of carbonyl (C=O) groups is 5. The lowest BCUT2D eigenvalue weighted by molar-refractivity contribution is -0.142. The molecule has 4 aromatic rings. The number of rotatable bonds is 18. The Morgan fingerprint density at radius 2 is 1.48 bits per heavy atom. The van der Waals surface area contributed by atoms with E-state index in [4.69, 9.17) is 36.6 Å². The highest BCUT2D eigenvalue weighted by Crippen LogP contribution is 2.41. The van der Waals surface area contributed by atoms with E-state index < -0.39 is 41.5 Å². The van der Waals surface area contributed by atoms with E-state index >= 15 is 0 Å². The molecule has 1 aliphatic rings. The average Bonchev–Trinajstić information content (AvgIpc) is 3.30. The van der Waals surface area contributed by atoms with Gasteiger partial charge in [0.25, 0.3) is 0 Å². The molecule has 4 bridgehead atoms. The Morgan fingerprint density at radius 1 is 0.866 bits per heavy atom. The lowest BCUT2D eigenvalue weighted by Crippen LogP contribution is -2.46. The van der Waals surface area contributed by atoms with Gasteiger partial charge in [-0.15, -0.1) is 0 Å². The van der Waals surface area contributed by atoms with E-state index in [-0.39, 0.29) is 82.9 Å². The Hall–Kier alpha value is -6.60. The number of fused-ring (bicyclic) bond motifs is 5. The van der Waals surface area contributed by atoms with Crippen LogP contribution in [0.3, 0.4) is 0 Å². The lowest BCUT2D eigenvalue weighted by Gasteiger charge is -2.32. The molecule has 7 N–H and O–H groups in total. The topological polar surface area (TPSA) is 247 Å². The molecule has 0 unspecified atom stereocenters. The minimum atomic E-state index is -1.24. The third-order valence-electron chi connectivity index (χ3n) is 12.2. The second-order valence-corrected chi connectivity index (χ2v) is 17.4. The van der Waals surface area contributed by atoms with Gasteiger partial charge in [-0.3, -0.25) is 24.0 Å². The molecule has 2 heterocycles. The fourth-order valence-corrected chi connectivity index (χ4v) is 8.37. The number of carbonyl (C=O) groups excluding carboxylic acids is 5. The average molecular weight is 913 g/mol. The van der Waals surface area contributed by atoms with E-state index in [1.165, 1.54) is 23.1 Å². The summed E-state index contributed by atoms with van der Waals surface area (Å²) in [5.41, 5.74) is 25.5. The minimum absolute atomic E-state index is 0.0326. The summed E-state index contributed by atoms with van der Waals surface area (Å²) >= 11 is 0. The van der Waals surface area contributed by atoms with Crippen LogP contribution < -0.4 is 32.0 Å². The van der Waals surface area contributed by atoms with Crippen LogP contribution in [0.2, 0.25) is 0 Å². The zero-order valence-electron chi connectivity index (χ0n) is 39.7. The molecule has 0 spiro atoms. The largest absolute Gasteiger partial charge is 0.492 e. The van der Waals surface area contributed by atoms with Crippen LogP contribution >= 0.6 is 0 Å². The Morgan fingerprint density at radius 3 is 2.06 bits per heavy atom. The standard InChI is InChI=1S/C52H64N8O7/c1-30(2)32(4)36-11-13-37(14-12-36)50-57-33(5)48(34(6)58-50)44(62)29-39(18-20-54)52(65)60(7)49-38-15-17-47(67-24-22-56)41(28-38)40-26-35(10-16-46(40)66-23-21-55)27-42(43(61)9-8-19-53)59-51(64)31(3)25-45(49)63/h10-17,26,28,31,39,42,49H,8-9,18,20-25,27,29,54-56H2,1-7H3,(H,59,64)/t31-,39-,42+,49+/m1/s1. The Kier molecular flexibility index (Phi) is 18.2. The molecule has 15 heteroatoms. The second kappa shape index (κ2) is 23.7. The van der Waals surface area contributed by atoms with E-state index in [1.54, 1.807) is 51.1 Å². The number of Topliss-reactive ketones (excluding diaryl/α,β-unsaturated/α-hetero) is 3. The van der Waals surface area contributed by atoms with Gasteiger partial charge in [0, 0.05) is 74.3 Å². The molecular weight excluding hydrogens is 849 g/mol. The first-order valence-corrected chi connectivity index (χ1v) is 22.8. The van der Waals surface area contributed by atoms with Gasteiger partial charge in [-0.2, -0.15) is 5.26 Å². The van der Waals surface area contributed by atoms with Gasteiger partial charge in [-0.1, -0.05) is 48.9 Å². The molecule has 67 heavy (non-hydrogen) atoms. The number of nitriles is 1. The number of amides is 2. The molecular formula is C52H64N8O7. The van der Waals surface area contributed by atoms with Gasteiger partial charge in [0.15, 0.2) is 23.2 Å². The van der Waals surface area contributed by atoms with Gasteiger partial charge in [0.1, 0.15) is 30.8 Å². The summed E-state index contributed by atoms with van der Waals surface area (Å²) in [5, 5.41) is 12.1. The highest BCUT2D eigenvalue weighted by atomic mass is 16.5. The van der Waals surface area contributed by atoms with Crippen LogP contribution in [-0.2, 0) is 25.6 Å². The lowest BCUT2D eigenvalue weighted by atomic mass is 9.88. The van der Waals surface area contributed by atoms with Crippen LogP contribution in [0, 0.1) is 37.0 Å². The van der Waals surface area contributed by atoms with Crippen molar-refractivity contribution in [2.45, 2.75) is 92.2 Å². The zero-order valence-corrected chi connectivity index (χ0v) is 39.7. The number of hydrogen-bond acceptors (Lipinski definition) is 13. The number of ether oxygens (including phenoxy) is 2. The van der Waals surface area contributed by atoms with Crippen molar-refractivity contribution in [2.75, 3.05) is 39.9 Å². The quantitative estimate of drug-likeness (QED) is 0.0818. The molecule has 2 amide bonds. The Balaban J connectivity index is 1.56. The molecule has 5 rings (SSSR count). The number of likely N-dealkylation sites (N-methyl/N-ethyl adjacent to an activating group) is 1. The molecule has 3 aromatic carbocycles. The van der Waals surface area contributed by atoms with Crippen molar-refractivity contribution < 1.29 is 33.4 Å². The van der Waals surface area contributed by atoms with Gasteiger partial charge in [0.05, 0.1) is 29.1 Å². The van der Waals surface area contributed by atoms with E-state index in [9.17, 15) is 29.2 Å². The second-order valence-electron chi connectivity index (χ2n) is 17.4. The van der Waals surface area contributed by atoms with E-state index in [0.717, 1.165) is 11.1 Å². The molecule has 4 atom stereocenters. The number of nitrogens with one attached hydrogen (secondary N) is 1. The van der Waals surface area contributed by atoms with Crippen molar-refractivity contribution in [3.05, 3.63) is 99.9 Å². The van der Waals surface area contributed by atoms with Crippen LogP contribution in [0.25, 0.3) is 28.1 Å². The summed E-state index contributed by atoms with van der Waals surface area (Å²) in [5.74, 6) is -2.71. The number of hydrogen-bond donors (Lipinski definition) is 4. The van der Waals surface area contributed by atoms with Gasteiger partial charge in [-0.25, -0.2) is 9.97 Å². The van der Waals surface area contributed by atoms with Gasteiger partial charge >= 0.3 is 0 Å². The molecule has 0 radical (unpaired) electrons. The predicted molar refractivity (Wildman–Crippen MR) is 258 cm³/mol. The maximum Gasteiger partial charge on any atom is 0.226 e. The maximum atomic E-state index is 14.8. The third kappa shape index (κ3) is 12.6. The first kappa shape index (κ1) is 51.4. The first-order valence-electron chi connectivity index (χ1n) is 22.8. The highest BCUT2D eigenvalue weighted by molar-refractivity contribution is 6.01. The molecule has 1 aliphatic heterocycles. The molecule has 354 valence electrons. The normalized spacial score (nSPS) is 16.5. The van der Waals surface area contributed by atoms with Crippen molar-refractivity contribution in [1.82, 2.24) is 20.2 Å². The van der Waals surface area contributed by atoms with Gasteiger partial charge < -0.3 is 36.9 Å². The third-order valence-corrected chi connectivity index (χ3v) is 12.2. The van der Waals surface area contributed by atoms with Crippen LogP contribution in [0.5, 0.6) is 11.5 Å². The van der Waals surface area contributed by atoms with E-state index in [2.05, 4.69) is 26.1 Å². The zero-order chi connectivity index (χ0) is 48.9. The summed E-state index contributed by atoms with van der Waals surface area (Å²) in [6.07, 6.45) is -0.410. The van der Waals surface area contributed by atoms with E-state index in [1.807, 2.05) is 36.4 Å². The van der Waals surface area contributed by atoms with Crippen molar-refractivity contribution in [3.8, 4) is 40.1 Å². The molecule has 1 aromatic heterocycles. The van der Waals surface area contributed by atoms with Crippen LogP contribution in [0.1, 0.15) is 104 Å². The number of benzene rings is 3. The maximum absolute atomic E-state index is 14.8. The van der Waals surface area contributed by atoms with Crippen molar-refractivity contribution in [3.63, 3.8) is 0 Å². The summed E-state index contributed by atoms with van der Waals surface area (Å²) in [4.78, 5) is 82.0. The minimum Gasteiger partial charge on any atom is -0.492 e. The number of aromatic nitrogens is 2. The fraction of sp³-hybridized carbons (Fsp3) is 0.423. The molecule has 0 aliphatic carbocycles. The van der Waals surface area contributed by atoms with Crippen molar-refractivity contribution in [2.24, 2.45) is 29.0 Å². The number of aryl methyl sites for hydroxylation is 2. The number of nitrogens with zero attached hydrogens (tertiary/aromatic N) is 4. The predicted octanol–water partition coefficient (Wildman–Crippen LogP) is 6.16. The first-order chi connectivity index (χ1) is 32.0. The summed E-state index contributed by atoms with van der Waals surface area (Å²) in [6.45, 7) is 12.1. The van der Waals surface area contributed by atoms with Gasteiger partial charge in [0.2, 0.25) is 11.8 Å². The van der Waals surface area contributed by atoms with Crippen molar-refractivity contribution in [1.29, 1.82) is 5.26 Å². The summed E-state index contributed by atoms with van der Waals surface area (Å²) < 4.78 is 12.3. The number of nitrogens with two attached hydrogens (primary N) is 3. The number of allylic oxidation sites excluding steroid dienone is 2. The van der Waals surface area contributed by atoms with E-state index in [0.29, 0.717) is 56.5 Å². The van der Waals surface area contributed by atoms with Gasteiger partial charge in [-0.05, 0) is 101 Å².